The molecule has 3 atom stereocenters. The molecule has 0 spiro atoms. The van der Waals surface area contributed by atoms with Crippen molar-refractivity contribution in [2.45, 2.75) is 38.0 Å². The standard InChI is InChI=1S/C10H19NO4/c1-3-7(12)5-11-6-8(13)4-9(11)10(14)15-2/h7-9,12-13H,3-6H2,1-2H3. The number of esters is 1. The fourth-order valence-electron chi connectivity index (χ4n) is 1.86. The topological polar surface area (TPSA) is 70.0 Å². The number of aliphatic hydroxyl groups excluding tert-OH is 2. The normalized spacial score (nSPS) is 29.1. The molecule has 0 aromatic rings. The molecule has 1 rings (SSSR count). The Hall–Kier alpha value is -0.650. The number of hydrogen-bond donors (Lipinski definition) is 2. The minimum atomic E-state index is -0.502. The van der Waals surface area contributed by atoms with Gasteiger partial charge in [0.1, 0.15) is 6.04 Å². The van der Waals surface area contributed by atoms with Crippen LogP contribution in [0.2, 0.25) is 0 Å². The first-order chi connectivity index (χ1) is 7.08. The minimum Gasteiger partial charge on any atom is -0.468 e. The van der Waals surface area contributed by atoms with Gasteiger partial charge in [-0.05, 0) is 6.42 Å². The molecule has 1 saturated heterocycles. The molecule has 1 heterocycles. The largest absolute Gasteiger partial charge is 0.468 e. The average Bonchev–Trinajstić information content (AvgIpc) is 2.58. The quantitative estimate of drug-likeness (QED) is 0.613. The summed E-state index contributed by atoms with van der Waals surface area (Å²) >= 11 is 0. The number of carbonyl (C=O) groups is 1. The smallest absolute Gasteiger partial charge is 0.323 e. The van der Waals surface area contributed by atoms with Crippen LogP contribution in [0.4, 0.5) is 0 Å². The fourth-order valence-corrected chi connectivity index (χ4v) is 1.86. The third-order valence-corrected chi connectivity index (χ3v) is 2.77. The van der Waals surface area contributed by atoms with Gasteiger partial charge in [-0.2, -0.15) is 0 Å². The van der Waals surface area contributed by atoms with Crippen molar-refractivity contribution >= 4 is 5.97 Å². The molecule has 0 radical (unpaired) electrons. The van der Waals surface area contributed by atoms with Crippen molar-refractivity contribution in [2.75, 3.05) is 20.2 Å². The highest BCUT2D eigenvalue weighted by Gasteiger charge is 2.37. The van der Waals surface area contributed by atoms with E-state index in [1.165, 1.54) is 7.11 Å². The summed E-state index contributed by atoms with van der Waals surface area (Å²) in [7, 11) is 1.33. The van der Waals surface area contributed by atoms with E-state index in [1.807, 2.05) is 6.92 Å². The Balaban J connectivity index is 2.56. The Morgan fingerprint density at radius 1 is 1.67 bits per heavy atom. The van der Waals surface area contributed by atoms with E-state index in [0.29, 0.717) is 25.9 Å². The summed E-state index contributed by atoms with van der Waals surface area (Å²) in [6.07, 6.45) is 0.0736. The van der Waals surface area contributed by atoms with Crippen molar-refractivity contribution in [1.82, 2.24) is 4.90 Å². The second kappa shape index (κ2) is 5.44. The predicted octanol–water partition coefficient (Wildman–Crippen LogP) is -0.635. The first-order valence-corrected chi connectivity index (χ1v) is 5.26. The van der Waals surface area contributed by atoms with Crippen LogP contribution in [-0.4, -0.2) is 59.5 Å². The zero-order valence-electron chi connectivity index (χ0n) is 9.22. The van der Waals surface area contributed by atoms with Crippen LogP contribution in [-0.2, 0) is 9.53 Å². The van der Waals surface area contributed by atoms with E-state index in [4.69, 9.17) is 0 Å². The number of methoxy groups -OCH3 is 1. The SMILES string of the molecule is CCC(O)CN1CC(O)CC1C(=O)OC. The molecule has 0 aliphatic carbocycles. The van der Waals surface area contributed by atoms with Gasteiger partial charge in [0.15, 0.2) is 0 Å². The second-order valence-corrected chi connectivity index (χ2v) is 3.94. The van der Waals surface area contributed by atoms with Crippen molar-refractivity contribution in [2.24, 2.45) is 0 Å². The summed E-state index contributed by atoms with van der Waals surface area (Å²) in [6.45, 7) is 2.72. The molecular formula is C10H19NO4. The zero-order valence-corrected chi connectivity index (χ0v) is 9.22. The molecule has 3 unspecified atom stereocenters. The van der Waals surface area contributed by atoms with Gasteiger partial charge in [-0.25, -0.2) is 0 Å². The highest BCUT2D eigenvalue weighted by atomic mass is 16.5. The van der Waals surface area contributed by atoms with Crippen LogP contribution in [0.3, 0.4) is 0 Å². The maximum Gasteiger partial charge on any atom is 0.323 e. The Morgan fingerprint density at radius 3 is 2.87 bits per heavy atom. The molecule has 0 aromatic carbocycles. The van der Waals surface area contributed by atoms with E-state index in [9.17, 15) is 15.0 Å². The lowest BCUT2D eigenvalue weighted by molar-refractivity contribution is -0.146. The molecule has 5 heteroatoms. The van der Waals surface area contributed by atoms with Gasteiger partial charge in [0, 0.05) is 19.5 Å². The van der Waals surface area contributed by atoms with Gasteiger partial charge in [-0.1, -0.05) is 6.92 Å². The Labute approximate surface area is 89.6 Å². The van der Waals surface area contributed by atoms with Gasteiger partial charge in [0.05, 0.1) is 19.3 Å². The van der Waals surface area contributed by atoms with Gasteiger partial charge >= 0.3 is 5.97 Å². The number of rotatable bonds is 4. The average molecular weight is 217 g/mol. The maximum atomic E-state index is 11.4. The molecule has 2 N–H and O–H groups in total. The van der Waals surface area contributed by atoms with Crippen LogP contribution in [0.15, 0.2) is 0 Å². The van der Waals surface area contributed by atoms with E-state index in [1.54, 1.807) is 4.90 Å². The highest BCUT2D eigenvalue weighted by Crippen LogP contribution is 2.19. The van der Waals surface area contributed by atoms with Crippen LogP contribution in [0.5, 0.6) is 0 Å². The molecule has 15 heavy (non-hydrogen) atoms. The summed E-state index contributed by atoms with van der Waals surface area (Å²) in [5, 5.41) is 19.0. The Kier molecular flexibility index (Phi) is 4.50. The van der Waals surface area contributed by atoms with Crippen LogP contribution in [0.25, 0.3) is 0 Å². The van der Waals surface area contributed by atoms with Crippen molar-refractivity contribution in [3.05, 3.63) is 0 Å². The van der Waals surface area contributed by atoms with E-state index < -0.39 is 18.2 Å². The molecule has 0 aromatic heterocycles. The van der Waals surface area contributed by atoms with Gasteiger partial charge < -0.3 is 14.9 Å². The van der Waals surface area contributed by atoms with Crippen LogP contribution in [0.1, 0.15) is 19.8 Å². The number of ether oxygens (including phenoxy) is 1. The monoisotopic (exact) mass is 217 g/mol. The Bertz CT molecular complexity index is 221. The maximum absolute atomic E-state index is 11.4. The molecule has 1 fully saturated rings. The number of hydrogen-bond acceptors (Lipinski definition) is 5. The number of β-amino-alcohol motifs (C(OH)–C–C–N with tert-alkyl or cyclic N) is 2. The molecule has 0 bridgehead atoms. The van der Waals surface area contributed by atoms with Crippen molar-refractivity contribution in [3.63, 3.8) is 0 Å². The van der Waals surface area contributed by atoms with Gasteiger partial charge in [-0.3, -0.25) is 9.69 Å². The highest BCUT2D eigenvalue weighted by molar-refractivity contribution is 5.76. The second-order valence-electron chi connectivity index (χ2n) is 3.94. The summed E-state index contributed by atoms with van der Waals surface area (Å²) in [5.41, 5.74) is 0. The Morgan fingerprint density at radius 2 is 2.33 bits per heavy atom. The van der Waals surface area contributed by atoms with Crippen molar-refractivity contribution in [3.8, 4) is 0 Å². The van der Waals surface area contributed by atoms with E-state index in [-0.39, 0.29) is 5.97 Å². The third-order valence-electron chi connectivity index (χ3n) is 2.77. The number of carbonyl (C=O) groups excluding carboxylic acids is 1. The molecule has 1 aliphatic heterocycles. The lowest BCUT2D eigenvalue weighted by atomic mass is 10.2. The summed E-state index contributed by atoms with van der Waals surface area (Å²) in [6, 6.07) is -0.411. The molecule has 5 nitrogen and oxygen atoms in total. The van der Waals surface area contributed by atoms with Gasteiger partial charge in [0.25, 0.3) is 0 Å². The number of likely N-dealkylation sites (tertiary alicyclic amines) is 1. The van der Waals surface area contributed by atoms with Crippen LogP contribution >= 0.6 is 0 Å². The lowest BCUT2D eigenvalue weighted by Crippen LogP contribution is -2.41. The summed E-state index contributed by atoms with van der Waals surface area (Å²) in [5.74, 6) is -0.338. The van der Waals surface area contributed by atoms with Gasteiger partial charge in [0.2, 0.25) is 0 Å². The minimum absolute atomic E-state index is 0.338. The van der Waals surface area contributed by atoms with E-state index in [2.05, 4.69) is 4.74 Å². The summed E-state index contributed by atoms with van der Waals surface area (Å²) in [4.78, 5) is 13.2. The van der Waals surface area contributed by atoms with Crippen molar-refractivity contribution in [1.29, 1.82) is 0 Å². The molecule has 88 valence electrons. The number of nitrogens with zero attached hydrogens (tertiary/aromatic N) is 1. The van der Waals surface area contributed by atoms with Crippen LogP contribution in [0, 0.1) is 0 Å². The fraction of sp³-hybridized carbons (Fsp3) is 0.900. The third kappa shape index (κ3) is 3.15. The molecular weight excluding hydrogens is 198 g/mol. The molecule has 0 saturated carbocycles. The predicted molar refractivity (Wildman–Crippen MR) is 54.3 cm³/mol. The zero-order chi connectivity index (χ0) is 11.4. The first-order valence-electron chi connectivity index (χ1n) is 5.26. The van der Waals surface area contributed by atoms with Crippen LogP contribution < -0.4 is 0 Å². The molecule has 0 amide bonds. The molecule has 1 aliphatic rings. The summed E-state index contributed by atoms with van der Waals surface area (Å²) < 4.78 is 4.65. The van der Waals surface area contributed by atoms with Crippen molar-refractivity contribution < 1.29 is 19.7 Å². The number of aliphatic hydroxyl groups is 2. The van der Waals surface area contributed by atoms with Gasteiger partial charge in [-0.15, -0.1) is 0 Å². The lowest BCUT2D eigenvalue weighted by Gasteiger charge is -2.24. The first kappa shape index (κ1) is 12.4. The van der Waals surface area contributed by atoms with E-state index in [0.717, 1.165) is 0 Å². The van der Waals surface area contributed by atoms with E-state index >= 15 is 0 Å².